The van der Waals surface area contributed by atoms with E-state index in [9.17, 15) is 4.79 Å². The highest BCUT2D eigenvalue weighted by Crippen LogP contribution is 2.40. The van der Waals surface area contributed by atoms with Gasteiger partial charge in [0.1, 0.15) is 11.1 Å². The number of fused-ring (bicyclic) bond motifs is 1. The number of anilines is 1. The number of esters is 1. The molecular formula is C20H24ClN5O2S. The summed E-state index contributed by atoms with van der Waals surface area (Å²) < 4.78 is 6.63. The second-order valence-electron chi connectivity index (χ2n) is 6.87. The Balaban J connectivity index is 0.00000240. The lowest BCUT2D eigenvalue weighted by Gasteiger charge is -2.12. The minimum absolute atomic E-state index is 0. The van der Waals surface area contributed by atoms with E-state index in [1.807, 2.05) is 35.0 Å². The lowest BCUT2D eigenvalue weighted by Crippen LogP contribution is -2.33. The predicted molar refractivity (Wildman–Crippen MR) is 117 cm³/mol. The molecule has 1 saturated carbocycles. The first kappa shape index (κ1) is 21.4. The van der Waals surface area contributed by atoms with Gasteiger partial charge in [-0.1, -0.05) is 30.3 Å². The SMILES string of the molecule is COC(=O)C(N)CSc1cc(NCc2ccccc2)c2ncc(C3CC3)n2n1.Cl. The normalized spacial score (nSPS) is 14.3. The average molecular weight is 434 g/mol. The maximum atomic E-state index is 11.6. The van der Waals surface area contributed by atoms with Crippen LogP contribution in [0.2, 0.25) is 0 Å². The number of halogens is 1. The lowest BCUT2D eigenvalue weighted by atomic mass is 10.2. The molecule has 7 nitrogen and oxygen atoms in total. The van der Waals surface area contributed by atoms with Crippen molar-refractivity contribution in [2.24, 2.45) is 5.73 Å². The van der Waals surface area contributed by atoms with Crippen molar-refractivity contribution in [3.05, 3.63) is 53.9 Å². The summed E-state index contributed by atoms with van der Waals surface area (Å²) in [4.78, 5) is 16.2. The van der Waals surface area contributed by atoms with Gasteiger partial charge in [0.05, 0.1) is 24.7 Å². The second-order valence-corrected chi connectivity index (χ2v) is 7.91. The molecule has 0 saturated heterocycles. The molecule has 29 heavy (non-hydrogen) atoms. The van der Waals surface area contributed by atoms with Gasteiger partial charge in [-0.15, -0.1) is 24.2 Å². The van der Waals surface area contributed by atoms with Crippen molar-refractivity contribution in [3.63, 3.8) is 0 Å². The molecule has 0 aliphatic heterocycles. The molecule has 0 radical (unpaired) electrons. The Hall–Kier alpha value is -2.29. The third-order valence-electron chi connectivity index (χ3n) is 4.71. The van der Waals surface area contributed by atoms with Gasteiger partial charge in [0, 0.05) is 18.2 Å². The van der Waals surface area contributed by atoms with Gasteiger partial charge in [0.25, 0.3) is 0 Å². The highest BCUT2D eigenvalue weighted by Gasteiger charge is 2.28. The third-order valence-corrected chi connectivity index (χ3v) is 5.73. The fourth-order valence-corrected chi connectivity index (χ4v) is 3.84. The maximum absolute atomic E-state index is 11.6. The van der Waals surface area contributed by atoms with Gasteiger partial charge in [-0.25, -0.2) is 9.50 Å². The highest BCUT2D eigenvalue weighted by molar-refractivity contribution is 7.99. The Morgan fingerprint density at radius 1 is 1.38 bits per heavy atom. The molecule has 1 atom stereocenters. The summed E-state index contributed by atoms with van der Waals surface area (Å²) >= 11 is 1.44. The number of nitrogens with zero attached hydrogens (tertiary/aromatic N) is 3. The molecule has 1 unspecified atom stereocenters. The monoisotopic (exact) mass is 433 g/mol. The van der Waals surface area contributed by atoms with E-state index in [1.165, 1.54) is 37.3 Å². The van der Waals surface area contributed by atoms with Crippen molar-refractivity contribution in [2.45, 2.75) is 36.4 Å². The molecule has 1 aromatic carbocycles. The zero-order chi connectivity index (χ0) is 19.5. The van der Waals surface area contributed by atoms with Crippen molar-refractivity contribution in [3.8, 4) is 0 Å². The third kappa shape index (κ3) is 5.01. The van der Waals surface area contributed by atoms with E-state index in [0.717, 1.165) is 22.1 Å². The van der Waals surface area contributed by atoms with Crippen LogP contribution in [0.3, 0.4) is 0 Å². The Kier molecular flexibility index (Phi) is 7.00. The van der Waals surface area contributed by atoms with Crippen molar-refractivity contribution >= 4 is 41.5 Å². The predicted octanol–water partition coefficient (Wildman–Crippen LogP) is 3.23. The van der Waals surface area contributed by atoms with Gasteiger partial charge in [-0.05, 0) is 24.5 Å². The molecular weight excluding hydrogens is 410 g/mol. The number of rotatable bonds is 8. The number of hydrogen-bond acceptors (Lipinski definition) is 7. The van der Waals surface area contributed by atoms with E-state index in [-0.39, 0.29) is 12.4 Å². The van der Waals surface area contributed by atoms with Crippen molar-refractivity contribution in [1.82, 2.24) is 14.6 Å². The summed E-state index contributed by atoms with van der Waals surface area (Å²) in [6.45, 7) is 0.692. The summed E-state index contributed by atoms with van der Waals surface area (Å²) in [5.41, 5.74) is 9.93. The van der Waals surface area contributed by atoms with Crippen molar-refractivity contribution in [2.75, 3.05) is 18.2 Å². The summed E-state index contributed by atoms with van der Waals surface area (Å²) in [5, 5.41) is 9.01. The number of thioether (sulfide) groups is 1. The molecule has 3 aromatic rings. The largest absolute Gasteiger partial charge is 0.468 e. The van der Waals surface area contributed by atoms with Crippen LogP contribution < -0.4 is 11.1 Å². The molecule has 2 heterocycles. The molecule has 1 fully saturated rings. The standard InChI is InChI=1S/C20H23N5O2S.ClH/c1-27-20(26)15(21)12-28-18-9-16(22-10-13-5-3-2-4-6-13)19-23-11-17(14-7-8-14)25(19)24-18;/h2-6,9,11,14-15,22H,7-8,10,12,21H2,1H3;1H. The quantitative estimate of drug-likeness (QED) is 0.416. The van der Waals surface area contributed by atoms with Crippen LogP contribution in [0.15, 0.2) is 47.6 Å². The first-order chi connectivity index (χ1) is 13.7. The second kappa shape index (κ2) is 9.47. The number of nitrogens with two attached hydrogens (primary N) is 1. The minimum atomic E-state index is -0.682. The zero-order valence-corrected chi connectivity index (χ0v) is 17.7. The lowest BCUT2D eigenvalue weighted by molar-refractivity contribution is -0.141. The summed E-state index contributed by atoms with van der Waals surface area (Å²) in [6.07, 6.45) is 4.27. The van der Waals surface area contributed by atoms with Gasteiger partial charge >= 0.3 is 5.97 Å². The minimum Gasteiger partial charge on any atom is -0.468 e. The van der Waals surface area contributed by atoms with Crippen LogP contribution in [0.1, 0.15) is 30.0 Å². The highest BCUT2D eigenvalue weighted by atomic mass is 35.5. The van der Waals surface area contributed by atoms with E-state index in [0.29, 0.717) is 18.2 Å². The fraction of sp³-hybridized carbons (Fsp3) is 0.350. The zero-order valence-electron chi connectivity index (χ0n) is 16.1. The topological polar surface area (TPSA) is 94.5 Å². The molecule has 0 spiro atoms. The molecule has 1 aliphatic rings. The average Bonchev–Trinajstić information content (AvgIpc) is 3.49. The van der Waals surface area contributed by atoms with Crippen molar-refractivity contribution < 1.29 is 9.53 Å². The van der Waals surface area contributed by atoms with Gasteiger partial charge in [-0.2, -0.15) is 5.10 Å². The maximum Gasteiger partial charge on any atom is 0.323 e. The Morgan fingerprint density at radius 3 is 2.83 bits per heavy atom. The molecule has 9 heteroatoms. The van der Waals surface area contributed by atoms with Gasteiger partial charge in [-0.3, -0.25) is 4.79 Å². The number of imidazole rings is 1. The number of hydrogen-bond donors (Lipinski definition) is 2. The molecule has 2 aromatic heterocycles. The number of methoxy groups -OCH3 is 1. The van der Waals surface area contributed by atoms with Crippen LogP contribution >= 0.6 is 24.2 Å². The fourth-order valence-electron chi connectivity index (χ4n) is 3.01. The summed E-state index contributed by atoms with van der Waals surface area (Å²) in [6, 6.07) is 11.5. The van der Waals surface area contributed by atoms with E-state index < -0.39 is 12.0 Å². The number of nitrogens with one attached hydrogen (secondary N) is 1. The number of aromatic nitrogens is 3. The molecule has 1 aliphatic carbocycles. The van der Waals surface area contributed by atoms with Crippen LogP contribution in [0, 0.1) is 0 Å². The molecule has 0 amide bonds. The van der Waals surface area contributed by atoms with E-state index in [2.05, 4.69) is 22.4 Å². The van der Waals surface area contributed by atoms with Crippen molar-refractivity contribution in [1.29, 1.82) is 0 Å². The molecule has 3 N–H and O–H groups in total. The van der Waals surface area contributed by atoms with Gasteiger partial charge in [0.15, 0.2) is 5.65 Å². The number of carbonyl (C=O) groups excluding carboxylic acids is 1. The molecule has 0 bridgehead atoms. The van der Waals surface area contributed by atoms with Crippen LogP contribution in [-0.2, 0) is 16.1 Å². The van der Waals surface area contributed by atoms with E-state index >= 15 is 0 Å². The smallest absolute Gasteiger partial charge is 0.323 e. The van der Waals surface area contributed by atoms with Crippen LogP contribution in [-0.4, -0.2) is 39.5 Å². The van der Waals surface area contributed by atoms with E-state index in [1.54, 1.807) is 0 Å². The summed E-state index contributed by atoms with van der Waals surface area (Å²) in [5.74, 6) is 0.510. The molecule has 154 valence electrons. The van der Waals surface area contributed by atoms with Crippen LogP contribution in [0.5, 0.6) is 0 Å². The number of benzene rings is 1. The van der Waals surface area contributed by atoms with Gasteiger partial charge in [0.2, 0.25) is 0 Å². The first-order valence-electron chi connectivity index (χ1n) is 9.28. The Labute approximate surface area is 179 Å². The molecule has 4 rings (SSSR count). The number of carbonyl (C=O) groups is 1. The first-order valence-corrected chi connectivity index (χ1v) is 10.3. The van der Waals surface area contributed by atoms with Gasteiger partial charge < -0.3 is 15.8 Å². The van der Waals surface area contributed by atoms with Crippen LogP contribution in [0.25, 0.3) is 5.65 Å². The Bertz CT molecular complexity index is 978. The Morgan fingerprint density at radius 2 is 2.14 bits per heavy atom. The van der Waals surface area contributed by atoms with Crippen LogP contribution in [0.4, 0.5) is 5.69 Å². The summed E-state index contributed by atoms with van der Waals surface area (Å²) in [7, 11) is 1.34. The van der Waals surface area contributed by atoms with E-state index in [4.69, 9.17) is 15.6 Å². The number of ether oxygens (including phenoxy) is 1.